The first kappa shape index (κ1) is 22.1. The number of nitrogens with one attached hydrogen (secondary N) is 1. The van der Waals surface area contributed by atoms with Crippen LogP contribution in [0.5, 0.6) is 0 Å². The molecule has 0 heterocycles. The van der Waals surface area contributed by atoms with Gasteiger partial charge in [-0.05, 0) is 65.7 Å². The van der Waals surface area contributed by atoms with E-state index in [0.29, 0.717) is 16.1 Å². The first-order chi connectivity index (χ1) is 14.6. The van der Waals surface area contributed by atoms with E-state index in [1.54, 1.807) is 24.3 Å². The zero-order valence-electron chi connectivity index (χ0n) is 15.7. The molecule has 0 saturated carbocycles. The van der Waals surface area contributed by atoms with Crippen molar-refractivity contribution in [1.82, 2.24) is 0 Å². The molecule has 0 spiro atoms. The maximum absolute atomic E-state index is 13.0. The average Bonchev–Trinajstić information content (AvgIpc) is 2.72. The van der Waals surface area contributed by atoms with E-state index in [4.69, 9.17) is 11.6 Å². The number of nitrogens with zero attached hydrogens (tertiary/aromatic N) is 1. The molecule has 0 radical (unpaired) electrons. The lowest BCUT2D eigenvalue weighted by Gasteiger charge is -2.11. The van der Waals surface area contributed by atoms with Gasteiger partial charge in [-0.25, -0.2) is 0 Å². The standard InChI is InChI=1S/C21H14ClFN2O5S/c22-16-3-1-2-15(13-16)20(12-14-4-8-18(9-5-14)25(27)28)21(26)24-17-6-10-19(11-7-17)31(23,29)30/h1-13H,(H,24,26). The number of halogens is 2. The first-order valence-corrected chi connectivity index (χ1v) is 10.5. The number of hydrogen-bond donors (Lipinski definition) is 1. The summed E-state index contributed by atoms with van der Waals surface area (Å²) in [6, 6.07) is 16.8. The third-order valence-electron chi connectivity index (χ3n) is 4.19. The predicted octanol–water partition coefficient (Wildman–Crippen LogP) is 5.09. The summed E-state index contributed by atoms with van der Waals surface area (Å²) in [6.07, 6.45) is 1.53. The molecule has 1 N–H and O–H groups in total. The second-order valence-corrected chi connectivity index (χ2v) is 8.12. The number of benzene rings is 3. The molecular weight excluding hydrogens is 447 g/mol. The van der Waals surface area contributed by atoms with E-state index in [9.17, 15) is 27.2 Å². The summed E-state index contributed by atoms with van der Waals surface area (Å²) < 4.78 is 34.9. The molecule has 31 heavy (non-hydrogen) atoms. The van der Waals surface area contributed by atoms with Gasteiger partial charge in [0.15, 0.2) is 0 Å². The minimum absolute atomic E-state index is 0.0891. The van der Waals surface area contributed by atoms with E-state index in [0.717, 1.165) is 12.1 Å². The van der Waals surface area contributed by atoms with Crippen molar-refractivity contribution in [3.63, 3.8) is 0 Å². The van der Waals surface area contributed by atoms with E-state index in [-0.39, 0.29) is 16.9 Å². The molecule has 0 aliphatic heterocycles. The molecule has 0 aliphatic rings. The Balaban J connectivity index is 1.96. The van der Waals surface area contributed by atoms with Crippen LogP contribution in [-0.4, -0.2) is 19.2 Å². The van der Waals surface area contributed by atoms with Crippen LogP contribution in [0.15, 0.2) is 77.7 Å². The van der Waals surface area contributed by atoms with Gasteiger partial charge >= 0.3 is 10.2 Å². The van der Waals surface area contributed by atoms with Gasteiger partial charge in [0.25, 0.3) is 11.6 Å². The molecule has 1 amide bonds. The van der Waals surface area contributed by atoms with Crippen LogP contribution in [0.25, 0.3) is 11.6 Å². The third-order valence-corrected chi connectivity index (χ3v) is 5.26. The predicted molar refractivity (Wildman–Crippen MR) is 116 cm³/mol. The number of carbonyl (C=O) groups is 1. The summed E-state index contributed by atoms with van der Waals surface area (Å²) in [6.45, 7) is 0. The van der Waals surface area contributed by atoms with E-state index < -0.39 is 25.9 Å². The fourth-order valence-electron chi connectivity index (χ4n) is 2.69. The van der Waals surface area contributed by atoms with Crippen molar-refractivity contribution in [2.75, 3.05) is 5.32 Å². The van der Waals surface area contributed by atoms with Crippen molar-refractivity contribution in [1.29, 1.82) is 0 Å². The third kappa shape index (κ3) is 5.74. The molecule has 0 aromatic heterocycles. The number of anilines is 1. The van der Waals surface area contributed by atoms with Crippen molar-refractivity contribution in [2.45, 2.75) is 4.90 Å². The van der Waals surface area contributed by atoms with Crippen molar-refractivity contribution >= 4 is 50.8 Å². The molecule has 10 heteroatoms. The Bertz CT molecular complexity index is 1270. The molecule has 0 atom stereocenters. The second-order valence-electron chi connectivity index (χ2n) is 6.33. The fraction of sp³-hybridized carbons (Fsp3) is 0. The molecule has 0 aliphatic carbocycles. The van der Waals surface area contributed by atoms with Gasteiger partial charge in [-0.2, -0.15) is 8.42 Å². The average molecular weight is 461 g/mol. The molecule has 0 unspecified atom stereocenters. The van der Waals surface area contributed by atoms with Gasteiger partial charge in [0, 0.05) is 28.4 Å². The van der Waals surface area contributed by atoms with Crippen LogP contribution in [0.4, 0.5) is 15.3 Å². The molecule has 158 valence electrons. The number of non-ortho nitro benzene ring substituents is 1. The minimum atomic E-state index is -4.85. The van der Waals surface area contributed by atoms with Gasteiger partial charge in [0.1, 0.15) is 0 Å². The molecule has 0 fully saturated rings. The maximum Gasteiger partial charge on any atom is 0.332 e. The number of carbonyl (C=O) groups excluding carboxylic acids is 1. The molecule has 0 bridgehead atoms. The Labute approximate surface area is 182 Å². The van der Waals surface area contributed by atoms with Crippen LogP contribution in [0.2, 0.25) is 5.02 Å². The normalized spacial score (nSPS) is 11.7. The van der Waals surface area contributed by atoms with Crippen molar-refractivity contribution in [3.8, 4) is 0 Å². The number of amides is 1. The van der Waals surface area contributed by atoms with E-state index in [1.807, 2.05) is 0 Å². The summed E-state index contributed by atoms with van der Waals surface area (Å²) in [5.74, 6) is -0.545. The van der Waals surface area contributed by atoms with E-state index >= 15 is 0 Å². The fourth-order valence-corrected chi connectivity index (χ4v) is 3.35. The summed E-state index contributed by atoms with van der Waals surface area (Å²) in [7, 11) is -4.85. The van der Waals surface area contributed by atoms with Gasteiger partial charge in [-0.15, -0.1) is 3.89 Å². The zero-order valence-corrected chi connectivity index (χ0v) is 17.2. The lowest BCUT2D eigenvalue weighted by atomic mass is 10.0. The number of nitro benzene ring substituents is 1. The first-order valence-electron chi connectivity index (χ1n) is 8.72. The lowest BCUT2D eigenvalue weighted by molar-refractivity contribution is -0.384. The zero-order chi connectivity index (χ0) is 22.6. The van der Waals surface area contributed by atoms with Crippen molar-refractivity contribution < 1.29 is 22.0 Å². The van der Waals surface area contributed by atoms with Crippen molar-refractivity contribution in [2.24, 2.45) is 0 Å². The Morgan fingerprint density at radius 2 is 1.68 bits per heavy atom. The van der Waals surface area contributed by atoms with E-state index in [1.165, 1.54) is 42.5 Å². The number of hydrogen-bond acceptors (Lipinski definition) is 5. The van der Waals surface area contributed by atoms with Crippen LogP contribution >= 0.6 is 11.6 Å². The molecule has 3 rings (SSSR count). The Kier molecular flexibility index (Phi) is 6.47. The van der Waals surface area contributed by atoms with Gasteiger partial charge < -0.3 is 5.32 Å². The number of nitro groups is 1. The monoisotopic (exact) mass is 460 g/mol. The minimum Gasteiger partial charge on any atom is -0.322 e. The number of rotatable bonds is 6. The Morgan fingerprint density at radius 1 is 1.03 bits per heavy atom. The quantitative estimate of drug-likeness (QED) is 0.181. The van der Waals surface area contributed by atoms with E-state index in [2.05, 4.69) is 5.32 Å². The maximum atomic E-state index is 13.0. The smallest absolute Gasteiger partial charge is 0.322 e. The van der Waals surface area contributed by atoms with Crippen LogP contribution in [0, 0.1) is 10.1 Å². The summed E-state index contributed by atoms with van der Waals surface area (Å²) in [4.78, 5) is 22.7. The molecule has 3 aromatic carbocycles. The van der Waals surface area contributed by atoms with Gasteiger partial charge in [-0.1, -0.05) is 23.7 Å². The molecule has 0 saturated heterocycles. The second kappa shape index (κ2) is 9.07. The Hall–Kier alpha value is -3.56. The van der Waals surface area contributed by atoms with Crippen molar-refractivity contribution in [3.05, 3.63) is 99.1 Å². The van der Waals surface area contributed by atoms with Crippen LogP contribution in [-0.2, 0) is 15.0 Å². The lowest BCUT2D eigenvalue weighted by Crippen LogP contribution is -2.13. The van der Waals surface area contributed by atoms with Gasteiger partial charge in [-0.3, -0.25) is 14.9 Å². The highest BCUT2D eigenvalue weighted by atomic mass is 35.5. The van der Waals surface area contributed by atoms with Crippen LogP contribution in [0.1, 0.15) is 11.1 Å². The van der Waals surface area contributed by atoms with Crippen LogP contribution < -0.4 is 5.32 Å². The summed E-state index contributed by atoms with van der Waals surface area (Å²) in [5, 5.41) is 13.9. The Morgan fingerprint density at radius 3 is 2.23 bits per heavy atom. The molecular formula is C21H14ClFN2O5S. The highest BCUT2D eigenvalue weighted by Crippen LogP contribution is 2.25. The largest absolute Gasteiger partial charge is 0.332 e. The van der Waals surface area contributed by atoms with Gasteiger partial charge in [0.05, 0.1) is 9.82 Å². The SMILES string of the molecule is O=C(Nc1ccc(S(=O)(=O)F)cc1)C(=Cc1ccc([N+](=O)[O-])cc1)c1cccc(Cl)c1. The van der Waals surface area contributed by atoms with Gasteiger partial charge in [0.2, 0.25) is 0 Å². The van der Waals surface area contributed by atoms with Crippen LogP contribution in [0.3, 0.4) is 0 Å². The molecule has 7 nitrogen and oxygen atoms in total. The molecule has 3 aromatic rings. The summed E-state index contributed by atoms with van der Waals surface area (Å²) in [5.41, 5.74) is 1.39. The topological polar surface area (TPSA) is 106 Å². The highest BCUT2D eigenvalue weighted by Gasteiger charge is 2.15. The summed E-state index contributed by atoms with van der Waals surface area (Å²) >= 11 is 6.05. The highest BCUT2D eigenvalue weighted by molar-refractivity contribution is 7.86.